The number of ether oxygens (including phenoxy) is 2. The van der Waals surface area contributed by atoms with E-state index in [1.54, 1.807) is 7.11 Å². The summed E-state index contributed by atoms with van der Waals surface area (Å²) in [5, 5.41) is 3.97. The van der Waals surface area contributed by atoms with Gasteiger partial charge in [0.1, 0.15) is 6.17 Å². The van der Waals surface area contributed by atoms with Crippen molar-refractivity contribution in [3.8, 4) is 11.5 Å². The molecule has 2 aromatic rings. The molecule has 1 N–H and O–H groups in total. The predicted octanol–water partition coefficient (Wildman–Crippen LogP) is 4.48. The monoisotopic (exact) mass is 372 g/mol. The van der Waals surface area contributed by atoms with Crippen LogP contribution in [0.1, 0.15) is 41.9 Å². The molecule has 6 heteroatoms. The van der Waals surface area contributed by atoms with Gasteiger partial charge in [0.2, 0.25) is 0 Å². The van der Waals surface area contributed by atoms with E-state index in [9.17, 15) is 4.79 Å². The highest BCUT2D eigenvalue weighted by atomic mass is 35.5. The number of rotatable bonds is 5. The third kappa shape index (κ3) is 2.86. The van der Waals surface area contributed by atoms with Crippen molar-refractivity contribution in [3.05, 3.63) is 52.5 Å². The summed E-state index contributed by atoms with van der Waals surface area (Å²) in [5.74, 6) is 1.15. The lowest BCUT2D eigenvalue weighted by Crippen LogP contribution is -2.44. The van der Waals surface area contributed by atoms with Gasteiger partial charge in [0.05, 0.1) is 24.3 Å². The summed E-state index contributed by atoms with van der Waals surface area (Å²) in [6.07, 6.45) is 1.76. The Balaban J connectivity index is 1.78. The van der Waals surface area contributed by atoms with E-state index in [0.717, 1.165) is 24.1 Å². The number of anilines is 1. The molecule has 136 valence electrons. The molecule has 1 saturated carbocycles. The highest BCUT2D eigenvalue weighted by Gasteiger charge is 2.42. The molecule has 1 fully saturated rings. The third-order valence-electron chi connectivity index (χ3n) is 4.76. The van der Waals surface area contributed by atoms with Gasteiger partial charge in [-0.25, -0.2) is 0 Å². The molecule has 2 aliphatic rings. The topological polar surface area (TPSA) is 50.8 Å². The zero-order valence-electron chi connectivity index (χ0n) is 14.8. The van der Waals surface area contributed by atoms with E-state index in [0.29, 0.717) is 28.7 Å². The third-order valence-corrected chi connectivity index (χ3v) is 5.04. The number of carbonyl (C=O) groups is 1. The first-order chi connectivity index (χ1) is 12.6. The lowest BCUT2D eigenvalue weighted by atomic mass is 10.0. The average molecular weight is 373 g/mol. The Bertz CT molecular complexity index is 851. The number of nitrogens with one attached hydrogen (secondary N) is 1. The quantitative estimate of drug-likeness (QED) is 0.840. The van der Waals surface area contributed by atoms with Crippen LogP contribution in [0.4, 0.5) is 5.69 Å². The number of carbonyl (C=O) groups excluding carboxylic acids is 1. The van der Waals surface area contributed by atoms with E-state index in [2.05, 4.69) is 5.32 Å². The number of para-hydroxylation sites is 1. The maximum atomic E-state index is 13.1. The number of benzene rings is 2. The van der Waals surface area contributed by atoms with Gasteiger partial charge in [-0.15, -0.1) is 0 Å². The minimum Gasteiger partial charge on any atom is -0.493 e. The number of hydrogen-bond acceptors (Lipinski definition) is 4. The van der Waals surface area contributed by atoms with Crippen molar-refractivity contribution in [2.75, 3.05) is 19.0 Å². The molecule has 0 unspecified atom stereocenters. The van der Waals surface area contributed by atoms with Gasteiger partial charge in [0.25, 0.3) is 5.91 Å². The first-order valence-electron chi connectivity index (χ1n) is 8.82. The number of fused-ring (bicyclic) bond motifs is 1. The molecule has 0 saturated heterocycles. The molecule has 0 bridgehead atoms. The van der Waals surface area contributed by atoms with Gasteiger partial charge in [-0.2, -0.15) is 0 Å². The maximum Gasteiger partial charge on any atom is 0.258 e. The number of methoxy groups -OCH3 is 1. The molecule has 4 rings (SSSR count). The van der Waals surface area contributed by atoms with Crippen LogP contribution in [-0.4, -0.2) is 30.6 Å². The van der Waals surface area contributed by atoms with E-state index in [-0.39, 0.29) is 18.1 Å². The van der Waals surface area contributed by atoms with Crippen LogP contribution >= 0.6 is 11.6 Å². The van der Waals surface area contributed by atoms with Gasteiger partial charge in [0.15, 0.2) is 11.5 Å². The minimum atomic E-state index is -0.285. The summed E-state index contributed by atoms with van der Waals surface area (Å²) >= 11 is 6.45. The highest BCUT2D eigenvalue weighted by Crippen LogP contribution is 2.44. The van der Waals surface area contributed by atoms with Crippen molar-refractivity contribution in [2.24, 2.45) is 0 Å². The van der Waals surface area contributed by atoms with Gasteiger partial charge in [0, 0.05) is 17.3 Å². The van der Waals surface area contributed by atoms with Crippen LogP contribution < -0.4 is 14.8 Å². The second-order valence-corrected chi connectivity index (χ2v) is 6.91. The van der Waals surface area contributed by atoms with E-state index in [1.807, 2.05) is 48.2 Å². The second-order valence-electron chi connectivity index (χ2n) is 6.50. The first kappa shape index (κ1) is 17.0. The van der Waals surface area contributed by atoms with Crippen molar-refractivity contribution >= 4 is 23.2 Å². The molecule has 1 atom stereocenters. The Morgan fingerprint density at radius 2 is 2.04 bits per heavy atom. The Labute approximate surface area is 157 Å². The number of hydrogen-bond donors (Lipinski definition) is 1. The summed E-state index contributed by atoms with van der Waals surface area (Å²) in [6.45, 7) is 2.40. The Morgan fingerprint density at radius 1 is 1.27 bits per heavy atom. The van der Waals surface area contributed by atoms with Crippen molar-refractivity contribution < 1.29 is 14.3 Å². The van der Waals surface area contributed by atoms with Crippen LogP contribution in [0.2, 0.25) is 5.02 Å². The van der Waals surface area contributed by atoms with Crippen LogP contribution in [0.15, 0.2) is 36.4 Å². The van der Waals surface area contributed by atoms with Crippen LogP contribution in [0.25, 0.3) is 0 Å². The van der Waals surface area contributed by atoms with Gasteiger partial charge in [-0.1, -0.05) is 23.7 Å². The summed E-state index contributed by atoms with van der Waals surface area (Å²) < 4.78 is 11.1. The second kappa shape index (κ2) is 6.72. The standard InChI is InChI=1S/C20H21ClN2O3/c1-3-26-18-15(21)10-12(11-17(18)25-2)19-22-16-7-5-4-6-14(16)20(24)23(19)13-8-9-13/h4-7,10-11,13,19,22H,3,8-9H2,1-2H3/t19-/m1/s1. The molecule has 1 heterocycles. The van der Waals surface area contributed by atoms with Crippen molar-refractivity contribution in [2.45, 2.75) is 32.0 Å². The summed E-state index contributed by atoms with van der Waals surface area (Å²) in [4.78, 5) is 15.0. The molecule has 0 spiro atoms. The van der Waals surface area contributed by atoms with Gasteiger partial charge >= 0.3 is 0 Å². The van der Waals surface area contributed by atoms with Gasteiger partial charge in [-0.05, 0) is 44.0 Å². The summed E-state index contributed by atoms with van der Waals surface area (Å²) in [5.41, 5.74) is 2.42. The first-order valence-corrected chi connectivity index (χ1v) is 9.20. The zero-order valence-corrected chi connectivity index (χ0v) is 15.5. The van der Waals surface area contributed by atoms with Crippen molar-refractivity contribution in [1.82, 2.24) is 4.90 Å². The van der Waals surface area contributed by atoms with E-state index in [1.165, 1.54) is 0 Å². The fourth-order valence-corrected chi connectivity index (χ4v) is 3.70. The fourth-order valence-electron chi connectivity index (χ4n) is 3.42. The number of halogens is 1. The average Bonchev–Trinajstić information content (AvgIpc) is 3.48. The molecule has 0 radical (unpaired) electrons. The van der Waals surface area contributed by atoms with E-state index >= 15 is 0 Å². The van der Waals surface area contributed by atoms with Crippen LogP contribution in [0, 0.1) is 0 Å². The fraction of sp³-hybridized carbons (Fsp3) is 0.350. The smallest absolute Gasteiger partial charge is 0.258 e. The lowest BCUT2D eigenvalue weighted by molar-refractivity contribution is 0.0666. The normalized spacial score (nSPS) is 19.0. The molecule has 0 aromatic heterocycles. The van der Waals surface area contributed by atoms with Crippen LogP contribution in [0.3, 0.4) is 0 Å². The summed E-state index contributed by atoms with van der Waals surface area (Å²) in [6, 6.07) is 11.6. The number of amides is 1. The molecular formula is C20H21ClN2O3. The van der Waals surface area contributed by atoms with Crippen molar-refractivity contribution in [1.29, 1.82) is 0 Å². The lowest BCUT2D eigenvalue weighted by Gasteiger charge is -2.38. The van der Waals surface area contributed by atoms with Gasteiger partial charge in [-0.3, -0.25) is 4.79 Å². The molecule has 26 heavy (non-hydrogen) atoms. The molecule has 2 aromatic carbocycles. The van der Waals surface area contributed by atoms with Crippen LogP contribution in [0.5, 0.6) is 11.5 Å². The zero-order chi connectivity index (χ0) is 18.3. The highest BCUT2D eigenvalue weighted by molar-refractivity contribution is 6.32. The Hall–Kier alpha value is -2.40. The number of nitrogens with zero attached hydrogens (tertiary/aromatic N) is 1. The Kier molecular flexibility index (Phi) is 4.41. The molecule has 1 aliphatic carbocycles. The van der Waals surface area contributed by atoms with Crippen LogP contribution in [-0.2, 0) is 0 Å². The molecular weight excluding hydrogens is 352 g/mol. The van der Waals surface area contributed by atoms with Crippen molar-refractivity contribution in [3.63, 3.8) is 0 Å². The largest absolute Gasteiger partial charge is 0.493 e. The van der Waals surface area contributed by atoms with E-state index in [4.69, 9.17) is 21.1 Å². The molecule has 1 amide bonds. The predicted molar refractivity (Wildman–Crippen MR) is 101 cm³/mol. The SMILES string of the molecule is CCOc1c(Cl)cc([C@@H]2Nc3ccccc3C(=O)N2C2CC2)cc1OC. The van der Waals surface area contributed by atoms with Gasteiger partial charge < -0.3 is 19.7 Å². The summed E-state index contributed by atoms with van der Waals surface area (Å²) in [7, 11) is 1.59. The van der Waals surface area contributed by atoms with E-state index < -0.39 is 0 Å². The Morgan fingerprint density at radius 3 is 2.73 bits per heavy atom. The minimum absolute atomic E-state index is 0.0517. The molecule has 1 aliphatic heterocycles. The molecule has 5 nitrogen and oxygen atoms in total. The maximum absolute atomic E-state index is 13.1.